The molecule has 0 saturated carbocycles. The number of alkyl halides is 1. The summed E-state index contributed by atoms with van der Waals surface area (Å²) in [6, 6.07) is -1.37. The third-order valence-electron chi connectivity index (χ3n) is 7.90. The SMILES string of the molecule is Cc1nc2c(ncn2C2OC3CO[P@](=O)(S)NC4C(CO[P@](=O)(S)OC2C3CO)OC(n2cnc3c(N)ncnc32)C4F)c(=O)[nH]1. The molecular weight excluding hydrogens is 693 g/mol. The van der Waals surface area contributed by atoms with Crippen LogP contribution in [0.2, 0.25) is 0 Å². The molecule has 7 heterocycles. The molecule has 10 atom stereocenters. The summed E-state index contributed by atoms with van der Waals surface area (Å²) >= 11 is 8.32. The van der Waals surface area contributed by atoms with E-state index < -0.39 is 87.8 Å². The van der Waals surface area contributed by atoms with Crippen LogP contribution in [0.4, 0.5) is 10.2 Å². The molecule has 4 aromatic heterocycles. The number of nitrogens with zero attached hydrogens (tertiary/aromatic N) is 7. The van der Waals surface area contributed by atoms with Crippen LogP contribution in [-0.4, -0.2) is 94.5 Å². The fourth-order valence-electron chi connectivity index (χ4n) is 5.79. The van der Waals surface area contributed by atoms with Crippen LogP contribution in [0.5, 0.6) is 0 Å². The van der Waals surface area contributed by atoms with Crippen LogP contribution in [0.3, 0.4) is 0 Å². The number of H-pyrrole nitrogens is 1. The number of hydrogen-bond donors (Lipinski definition) is 6. The summed E-state index contributed by atoms with van der Waals surface area (Å²) in [5, 5.41) is 12.9. The molecule has 19 nitrogen and oxygen atoms in total. The molecule has 0 aliphatic carbocycles. The molecule has 0 radical (unpaired) electrons. The molecule has 3 saturated heterocycles. The molecule has 0 spiro atoms. The van der Waals surface area contributed by atoms with Crippen LogP contribution < -0.4 is 16.4 Å². The van der Waals surface area contributed by atoms with Gasteiger partial charge in [0.05, 0.1) is 44.6 Å². The molecule has 0 amide bonds. The highest BCUT2D eigenvalue weighted by Crippen LogP contribution is 2.59. The fourth-order valence-corrected chi connectivity index (χ4v) is 8.99. The maximum Gasteiger partial charge on any atom is 0.386 e. The van der Waals surface area contributed by atoms with Crippen molar-refractivity contribution in [3.8, 4) is 0 Å². The molecule has 0 aromatic carbocycles. The predicted molar refractivity (Wildman–Crippen MR) is 163 cm³/mol. The number of aliphatic hydroxyl groups excluding tert-OH is 1. The number of rotatable bonds is 3. The highest BCUT2D eigenvalue weighted by atomic mass is 32.7. The Morgan fingerprint density at radius 2 is 1.74 bits per heavy atom. The lowest BCUT2D eigenvalue weighted by Crippen LogP contribution is -2.42. The molecule has 3 fully saturated rings. The van der Waals surface area contributed by atoms with Gasteiger partial charge in [-0.3, -0.25) is 27.5 Å². The number of aryl methyl sites for hydroxylation is 1. The van der Waals surface area contributed by atoms with Crippen molar-refractivity contribution in [2.24, 2.45) is 5.92 Å². The number of anilines is 1. The van der Waals surface area contributed by atoms with Crippen molar-refractivity contribution in [3.63, 3.8) is 0 Å². The van der Waals surface area contributed by atoms with Crippen LogP contribution >= 0.6 is 38.0 Å². The Bertz CT molecular complexity index is 1970. The number of aromatic nitrogens is 8. The summed E-state index contributed by atoms with van der Waals surface area (Å²) in [5.74, 6) is -0.585. The smallest absolute Gasteiger partial charge is 0.386 e. The molecule has 46 heavy (non-hydrogen) atoms. The number of fused-ring (bicyclic) bond motifs is 5. The number of ether oxygens (including phenoxy) is 2. The number of nitrogens with two attached hydrogens (primary N) is 1. The fraction of sp³-hybridized carbons (Fsp3) is 0.545. The van der Waals surface area contributed by atoms with Gasteiger partial charge in [-0.2, -0.15) is 0 Å². The van der Waals surface area contributed by atoms with Gasteiger partial charge < -0.3 is 29.8 Å². The second-order valence-electron chi connectivity index (χ2n) is 10.8. The Kier molecular flexibility index (Phi) is 8.29. The Hall–Kier alpha value is -2.49. The molecule has 248 valence electrons. The van der Waals surface area contributed by atoms with E-state index in [-0.39, 0.29) is 34.0 Å². The van der Waals surface area contributed by atoms with Gasteiger partial charge in [-0.25, -0.2) is 39.0 Å². The number of aliphatic hydroxyl groups is 1. The first-order valence-electron chi connectivity index (χ1n) is 13.7. The maximum absolute atomic E-state index is 16.1. The number of hydrogen-bond acceptors (Lipinski definition) is 15. The van der Waals surface area contributed by atoms with Crippen molar-refractivity contribution < 1.29 is 41.7 Å². The average molecular weight is 721 g/mol. The second-order valence-corrected chi connectivity index (χ2v) is 16.8. The molecule has 3 aliphatic heterocycles. The van der Waals surface area contributed by atoms with Crippen LogP contribution in [0.15, 0.2) is 23.8 Å². The van der Waals surface area contributed by atoms with Gasteiger partial charge in [0.2, 0.25) is 0 Å². The topological polar surface area (TPSA) is 246 Å². The van der Waals surface area contributed by atoms with E-state index >= 15 is 4.39 Å². The monoisotopic (exact) mass is 720 g/mol. The third-order valence-corrected chi connectivity index (χ3v) is 11.3. The second kappa shape index (κ2) is 11.9. The van der Waals surface area contributed by atoms with Crippen LogP contribution in [0.1, 0.15) is 18.3 Å². The zero-order chi connectivity index (χ0) is 32.5. The number of nitrogens with one attached hydrogen (secondary N) is 2. The van der Waals surface area contributed by atoms with E-state index in [1.165, 1.54) is 28.1 Å². The Morgan fingerprint density at radius 1 is 1.04 bits per heavy atom. The van der Waals surface area contributed by atoms with Gasteiger partial charge in [-0.15, -0.1) is 0 Å². The standard InChI is InChI=1S/C22H27FN10O9P2S2/c1-8-29-19-15(20(35)30-8)28-7-33(19)22-16-9(2-34)10(40-22)3-38-43(36,45)31-13-11(4-39-44(37,46)42-16)41-21(12(13)23)32-6-27-14-17(24)25-5-26-18(14)32/h5-7,9-13,16,21-22,34H,2-4H2,1H3,(H,37,46)(H2,24,25,26)(H,29,30,35)(H2,31,36,45)/t9?,10?,11?,12?,13?,16?,21?,22?,43-,44-/m0/s1. The minimum Gasteiger partial charge on any atom is -0.396 e. The summed E-state index contributed by atoms with van der Waals surface area (Å²) in [6.45, 7) is -8.45. The minimum absolute atomic E-state index is 0.00320. The molecular formula is C22H27FN10O9P2S2. The quantitative estimate of drug-likeness (QED) is 0.128. The Morgan fingerprint density at radius 3 is 2.50 bits per heavy atom. The van der Waals surface area contributed by atoms with Gasteiger partial charge in [0.25, 0.3) is 5.56 Å². The van der Waals surface area contributed by atoms with Gasteiger partial charge in [0.15, 0.2) is 41.3 Å². The molecule has 2 bridgehead atoms. The molecule has 24 heteroatoms. The van der Waals surface area contributed by atoms with Crippen molar-refractivity contribution in [2.45, 2.75) is 49.9 Å². The third kappa shape index (κ3) is 5.68. The zero-order valence-electron chi connectivity index (χ0n) is 23.6. The van der Waals surface area contributed by atoms with Gasteiger partial charge in [0, 0.05) is 5.92 Å². The van der Waals surface area contributed by atoms with E-state index in [1.54, 1.807) is 6.92 Å². The molecule has 8 unspecified atom stereocenters. The van der Waals surface area contributed by atoms with E-state index in [0.717, 1.165) is 0 Å². The van der Waals surface area contributed by atoms with Gasteiger partial charge in [-0.1, -0.05) is 24.5 Å². The van der Waals surface area contributed by atoms with Gasteiger partial charge in [-0.05, 0) is 6.92 Å². The Labute approximate surface area is 268 Å². The summed E-state index contributed by atoms with van der Waals surface area (Å²) in [7, 11) is 0. The van der Waals surface area contributed by atoms with Crippen molar-refractivity contribution >= 4 is 66.2 Å². The highest BCUT2D eigenvalue weighted by Gasteiger charge is 2.53. The lowest BCUT2D eigenvalue weighted by Gasteiger charge is -2.27. The predicted octanol–water partition coefficient (Wildman–Crippen LogP) is 1.06. The molecule has 7 rings (SSSR count). The summed E-state index contributed by atoms with van der Waals surface area (Å²) in [5.41, 5.74) is 5.88. The first-order chi connectivity index (χ1) is 21.9. The number of imidazole rings is 2. The first-order valence-corrected chi connectivity index (χ1v) is 19.2. The lowest BCUT2D eigenvalue weighted by atomic mass is 9.99. The van der Waals surface area contributed by atoms with Crippen LogP contribution in [0, 0.1) is 12.8 Å². The van der Waals surface area contributed by atoms with Crippen LogP contribution in [-0.2, 0) is 32.2 Å². The van der Waals surface area contributed by atoms with Crippen LogP contribution in [0.25, 0.3) is 22.3 Å². The molecule has 3 aliphatic rings. The zero-order valence-corrected chi connectivity index (χ0v) is 27.1. The van der Waals surface area contributed by atoms with Crippen molar-refractivity contribution in [2.75, 3.05) is 25.6 Å². The van der Waals surface area contributed by atoms with Gasteiger partial charge in [0.1, 0.15) is 29.9 Å². The van der Waals surface area contributed by atoms with E-state index in [9.17, 15) is 19.0 Å². The number of aromatic amines is 1. The first kappa shape index (κ1) is 32.1. The summed E-state index contributed by atoms with van der Waals surface area (Å²) < 4.78 is 75.3. The van der Waals surface area contributed by atoms with Crippen molar-refractivity contribution in [1.29, 1.82) is 0 Å². The van der Waals surface area contributed by atoms with Gasteiger partial charge >= 0.3 is 13.5 Å². The van der Waals surface area contributed by atoms with E-state index in [1.807, 2.05) is 0 Å². The highest BCUT2D eigenvalue weighted by molar-refractivity contribution is 8.45. The van der Waals surface area contributed by atoms with Crippen molar-refractivity contribution in [3.05, 3.63) is 35.2 Å². The average Bonchev–Trinajstić information content (AvgIpc) is 3.75. The largest absolute Gasteiger partial charge is 0.396 e. The molecule has 5 N–H and O–H groups in total. The number of nitrogen functional groups attached to an aromatic ring is 1. The molecule has 4 aromatic rings. The minimum atomic E-state index is -4.33. The maximum atomic E-state index is 16.1. The van der Waals surface area contributed by atoms with E-state index in [4.69, 9.17) is 28.8 Å². The van der Waals surface area contributed by atoms with E-state index in [2.05, 4.69) is 59.5 Å². The normalized spacial score (nSPS) is 37.2. The van der Waals surface area contributed by atoms with E-state index in [0.29, 0.717) is 0 Å². The Balaban J connectivity index is 1.22. The van der Waals surface area contributed by atoms with Crippen molar-refractivity contribution in [1.82, 2.24) is 44.1 Å². The summed E-state index contributed by atoms with van der Waals surface area (Å²) in [4.78, 5) is 35.6. The summed E-state index contributed by atoms with van der Waals surface area (Å²) in [6.07, 6.45) is -4.24. The number of halogens is 1. The lowest BCUT2D eigenvalue weighted by molar-refractivity contribution is -0.0485. The number of thiol groups is 2.